The number of aromatic amines is 1. The number of aryl methyl sites for hydroxylation is 2. The second-order valence-electron chi connectivity index (χ2n) is 5.11. The fourth-order valence-electron chi connectivity index (χ4n) is 1.68. The Kier molecular flexibility index (Phi) is 15.8. The number of aromatic nitrogens is 2. The van der Waals surface area contributed by atoms with E-state index in [0.717, 1.165) is 12.2 Å². The lowest BCUT2D eigenvalue weighted by Gasteiger charge is -1.96. The third-order valence-corrected chi connectivity index (χ3v) is 2.84. The molecule has 1 aromatic rings. The highest BCUT2D eigenvalue weighted by Crippen LogP contribution is 2.06. The number of nitrogens with one attached hydrogen (secondary N) is 1. The topological polar surface area (TPSA) is 28.7 Å². The van der Waals surface area contributed by atoms with Crippen molar-refractivity contribution in [2.75, 3.05) is 0 Å². The van der Waals surface area contributed by atoms with E-state index in [-0.39, 0.29) is 0 Å². The molecular formula is C15H30BF4N2-. The van der Waals surface area contributed by atoms with E-state index >= 15 is 0 Å². The predicted molar refractivity (Wildman–Crippen MR) is 86.6 cm³/mol. The quantitative estimate of drug-likeness (QED) is 0.354. The van der Waals surface area contributed by atoms with Crippen LogP contribution in [0.25, 0.3) is 0 Å². The van der Waals surface area contributed by atoms with E-state index in [2.05, 4.69) is 30.7 Å². The van der Waals surface area contributed by atoms with Crippen LogP contribution in [0.1, 0.15) is 77.2 Å². The van der Waals surface area contributed by atoms with Crippen molar-refractivity contribution in [1.82, 2.24) is 9.97 Å². The smallest absolute Gasteiger partial charge is 0.418 e. The fourth-order valence-corrected chi connectivity index (χ4v) is 1.68. The normalized spacial score (nSPS) is 10.4. The molecule has 0 aliphatic rings. The lowest BCUT2D eigenvalue weighted by atomic mass is 10.1. The van der Waals surface area contributed by atoms with Crippen LogP contribution >= 0.6 is 0 Å². The summed E-state index contributed by atoms with van der Waals surface area (Å²) in [5, 5.41) is 0. The van der Waals surface area contributed by atoms with Crippen LogP contribution in [0.2, 0.25) is 0 Å². The zero-order valence-corrected chi connectivity index (χ0v) is 14.3. The van der Waals surface area contributed by atoms with Crippen LogP contribution in [0, 0.1) is 6.92 Å². The van der Waals surface area contributed by atoms with Gasteiger partial charge in [0.2, 0.25) is 0 Å². The number of hydrogen-bond donors (Lipinski definition) is 1. The van der Waals surface area contributed by atoms with Crippen LogP contribution < -0.4 is 0 Å². The number of H-pyrrole nitrogens is 1. The molecule has 1 aromatic heterocycles. The minimum absolute atomic E-state index is 1.00. The first kappa shape index (κ1) is 23.3. The van der Waals surface area contributed by atoms with Crippen molar-refractivity contribution < 1.29 is 17.3 Å². The molecule has 0 aliphatic heterocycles. The molecule has 0 bridgehead atoms. The number of unbranched alkanes of at least 4 members (excludes halogenated alkanes) is 6. The molecule has 7 heteroatoms. The molecule has 0 saturated carbocycles. The third kappa shape index (κ3) is 24.0. The van der Waals surface area contributed by atoms with Gasteiger partial charge in [-0.2, -0.15) is 0 Å². The van der Waals surface area contributed by atoms with Gasteiger partial charge in [-0.05, 0) is 13.3 Å². The summed E-state index contributed by atoms with van der Waals surface area (Å²) in [5.41, 5.74) is 1.21. The van der Waals surface area contributed by atoms with Crippen LogP contribution in [-0.2, 0) is 6.42 Å². The van der Waals surface area contributed by atoms with Gasteiger partial charge in [-0.3, -0.25) is 0 Å². The molecule has 0 radical (unpaired) electrons. The number of rotatable bonds is 7. The number of imidazole rings is 1. The monoisotopic (exact) mass is 325 g/mol. The van der Waals surface area contributed by atoms with Gasteiger partial charge in [-0.15, -0.1) is 0 Å². The Morgan fingerprint density at radius 1 is 0.909 bits per heavy atom. The second-order valence-corrected chi connectivity index (χ2v) is 5.11. The first-order valence-electron chi connectivity index (χ1n) is 8.12. The maximum atomic E-state index is 9.75. The van der Waals surface area contributed by atoms with E-state index in [0.29, 0.717) is 0 Å². The standard InChI is InChI=1S/C9H20.C6H10N2.BF4/c1-3-5-7-9-8-6-4-2;1-3-6-4-7-5(2)8-6;2-1(3,4)5/h3-9H2,1-2H3;4H,3H2,1-2H3,(H,7,8);/q;;-1. The minimum atomic E-state index is -6.00. The average molecular weight is 325 g/mol. The average Bonchev–Trinajstić information content (AvgIpc) is 2.83. The van der Waals surface area contributed by atoms with Crippen molar-refractivity contribution in [2.24, 2.45) is 0 Å². The SMILES string of the molecule is CCCCCCCCC.CCc1cnc(C)[nH]1.F[B-](F)(F)F. The van der Waals surface area contributed by atoms with Crippen molar-refractivity contribution in [3.63, 3.8) is 0 Å². The van der Waals surface area contributed by atoms with Crippen LogP contribution in [-0.4, -0.2) is 17.2 Å². The number of hydrogen-bond acceptors (Lipinski definition) is 1. The maximum absolute atomic E-state index is 9.75. The molecular weight excluding hydrogens is 295 g/mol. The summed E-state index contributed by atoms with van der Waals surface area (Å²) in [5.74, 6) is 1.00. The van der Waals surface area contributed by atoms with Crippen LogP contribution in [0.5, 0.6) is 0 Å². The third-order valence-electron chi connectivity index (χ3n) is 2.84. The fraction of sp³-hybridized carbons (Fsp3) is 0.800. The molecule has 1 rings (SSSR count). The summed E-state index contributed by atoms with van der Waals surface area (Å²) in [6.07, 6.45) is 12.9. The summed E-state index contributed by atoms with van der Waals surface area (Å²) in [6.45, 7) is 8.59. The lowest BCUT2D eigenvalue weighted by Crippen LogP contribution is -2.02. The molecule has 0 aromatic carbocycles. The Morgan fingerprint density at radius 2 is 1.32 bits per heavy atom. The van der Waals surface area contributed by atoms with E-state index < -0.39 is 7.25 Å². The van der Waals surface area contributed by atoms with Gasteiger partial charge in [0.15, 0.2) is 0 Å². The first-order valence-corrected chi connectivity index (χ1v) is 8.12. The molecule has 132 valence electrons. The summed E-state index contributed by atoms with van der Waals surface area (Å²) < 4.78 is 39.0. The molecule has 0 saturated heterocycles. The van der Waals surface area contributed by atoms with Gasteiger partial charge >= 0.3 is 7.25 Å². The Labute approximate surface area is 132 Å². The molecule has 0 unspecified atom stereocenters. The van der Waals surface area contributed by atoms with Crippen molar-refractivity contribution in [1.29, 1.82) is 0 Å². The Bertz CT molecular complexity index is 329. The minimum Gasteiger partial charge on any atom is -0.418 e. The summed E-state index contributed by atoms with van der Waals surface area (Å²) in [4.78, 5) is 7.15. The number of halogens is 4. The van der Waals surface area contributed by atoms with Crippen LogP contribution in [0.15, 0.2) is 6.20 Å². The van der Waals surface area contributed by atoms with Gasteiger partial charge in [0.05, 0.1) is 0 Å². The molecule has 1 heterocycles. The van der Waals surface area contributed by atoms with Gasteiger partial charge in [0.1, 0.15) is 5.82 Å². The van der Waals surface area contributed by atoms with Gasteiger partial charge in [-0.25, -0.2) is 4.98 Å². The highest BCUT2D eigenvalue weighted by Gasteiger charge is 2.20. The number of nitrogens with zero attached hydrogens (tertiary/aromatic N) is 1. The van der Waals surface area contributed by atoms with E-state index in [9.17, 15) is 17.3 Å². The molecule has 0 amide bonds. The van der Waals surface area contributed by atoms with E-state index in [1.54, 1.807) is 0 Å². The van der Waals surface area contributed by atoms with Gasteiger partial charge in [0, 0.05) is 11.9 Å². The van der Waals surface area contributed by atoms with E-state index in [4.69, 9.17) is 0 Å². The highest BCUT2D eigenvalue weighted by atomic mass is 19.5. The van der Waals surface area contributed by atoms with Crippen LogP contribution in [0.4, 0.5) is 17.3 Å². The molecule has 0 atom stereocenters. The highest BCUT2D eigenvalue weighted by molar-refractivity contribution is 6.50. The lowest BCUT2D eigenvalue weighted by molar-refractivity contribution is 0.368. The zero-order valence-electron chi connectivity index (χ0n) is 14.3. The Morgan fingerprint density at radius 3 is 1.55 bits per heavy atom. The molecule has 0 fully saturated rings. The predicted octanol–water partition coefficient (Wildman–Crippen LogP) is 6.34. The molecule has 2 nitrogen and oxygen atoms in total. The second kappa shape index (κ2) is 14.9. The van der Waals surface area contributed by atoms with Crippen LogP contribution in [0.3, 0.4) is 0 Å². The van der Waals surface area contributed by atoms with Crippen molar-refractivity contribution in [3.05, 3.63) is 17.7 Å². The maximum Gasteiger partial charge on any atom is 0.673 e. The van der Waals surface area contributed by atoms with Gasteiger partial charge in [0.25, 0.3) is 0 Å². The van der Waals surface area contributed by atoms with Crippen molar-refractivity contribution in [3.8, 4) is 0 Å². The molecule has 1 N–H and O–H groups in total. The largest absolute Gasteiger partial charge is 0.673 e. The zero-order chi connectivity index (χ0) is 17.4. The Hall–Kier alpha value is -1.01. The summed E-state index contributed by atoms with van der Waals surface area (Å²) in [6, 6.07) is 0. The summed E-state index contributed by atoms with van der Waals surface area (Å²) >= 11 is 0. The van der Waals surface area contributed by atoms with Crippen molar-refractivity contribution >= 4 is 7.25 Å². The van der Waals surface area contributed by atoms with E-state index in [1.807, 2.05) is 13.1 Å². The van der Waals surface area contributed by atoms with Crippen molar-refractivity contribution in [2.45, 2.75) is 79.1 Å². The molecule has 0 aliphatic carbocycles. The molecule has 22 heavy (non-hydrogen) atoms. The first-order chi connectivity index (χ1) is 10.2. The summed E-state index contributed by atoms with van der Waals surface area (Å²) in [7, 11) is -6.00. The Balaban J connectivity index is 0. The molecule has 0 spiro atoms. The van der Waals surface area contributed by atoms with Gasteiger partial charge in [-0.1, -0.05) is 65.7 Å². The van der Waals surface area contributed by atoms with Gasteiger partial charge < -0.3 is 22.2 Å². The van der Waals surface area contributed by atoms with E-state index in [1.165, 1.54) is 50.6 Å².